The largest absolute Gasteiger partial charge is 0.478 e. The average molecular weight is 244 g/mol. The first-order valence-corrected chi connectivity index (χ1v) is 6.24. The van der Waals surface area contributed by atoms with Crippen LogP contribution in [0.15, 0.2) is 18.2 Å². The molecule has 0 radical (unpaired) electrons. The van der Waals surface area contributed by atoms with Crippen LogP contribution in [-0.4, -0.2) is 17.1 Å². The fourth-order valence-corrected chi connectivity index (χ4v) is 2.39. The summed E-state index contributed by atoms with van der Waals surface area (Å²) in [4.78, 5) is 11.1. The molecule has 0 amide bonds. The van der Waals surface area contributed by atoms with E-state index in [9.17, 15) is 4.79 Å². The fraction of sp³-hybridized carbons (Fsp3) is 0.429. The van der Waals surface area contributed by atoms with Gasteiger partial charge in [0.15, 0.2) is 0 Å². The predicted molar refractivity (Wildman–Crippen MR) is 68.6 cm³/mol. The zero-order valence-corrected chi connectivity index (χ0v) is 10.1. The number of anilines is 1. The van der Waals surface area contributed by atoms with Gasteiger partial charge in [0.1, 0.15) is 0 Å². The molecule has 2 rings (SSSR count). The van der Waals surface area contributed by atoms with Crippen molar-refractivity contribution in [3.05, 3.63) is 29.3 Å². The van der Waals surface area contributed by atoms with E-state index in [1.807, 2.05) is 6.07 Å². The summed E-state index contributed by atoms with van der Waals surface area (Å²) in [5, 5.41) is 21.3. The first-order chi connectivity index (χ1) is 8.70. The third kappa shape index (κ3) is 2.80. The SMILES string of the molecule is N#Cc1ccc(C(=O)O)c(NC2CCCCC2)c1. The molecule has 18 heavy (non-hydrogen) atoms. The number of carboxylic acid groups (broad SMARTS) is 1. The van der Waals surface area contributed by atoms with E-state index in [1.165, 1.54) is 31.4 Å². The second-order valence-electron chi connectivity index (χ2n) is 4.66. The van der Waals surface area contributed by atoms with Crippen LogP contribution in [-0.2, 0) is 0 Å². The summed E-state index contributed by atoms with van der Waals surface area (Å²) < 4.78 is 0. The van der Waals surface area contributed by atoms with Crippen LogP contribution in [0, 0.1) is 11.3 Å². The van der Waals surface area contributed by atoms with Gasteiger partial charge in [0.25, 0.3) is 0 Å². The van der Waals surface area contributed by atoms with E-state index in [1.54, 1.807) is 6.07 Å². The number of nitriles is 1. The summed E-state index contributed by atoms with van der Waals surface area (Å²) in [6, 6.07) is 7.02. The van der Waals surface area contributed by atoms with Crippen molar-refractivity contribution in [3.63, 3.8) is 0 Å². The summed E-state index contributed by atoms with van der Waals surface area (Å²) in [5.41, 5.74) is 1.28. The van der Waals surface area contributed by atoms with Crippen molar-refractivity contribution in [1.29, 1.82) is 5.26 Å². The highest BCUT2D eigenvalue weighted by molar-refractivity contribution is 5.94. The van der Waals surface area contributed by atoms with Gasteiger partial charge in [-0.05, 0) is 31.0 Å². The molecule has 0 saturated heterocycles. The number of aromatic carboxylic acids is 1. The first-order valence-electron chi connectivity index (χ1n) is 6.24. The summed E-state index contributed by atoms with van der Waals surface area (Å²) in [6.45, 7) is 0. The molecule has 1 saturated carbocycles. The molecule has 1 fully saturated rings. The minimum absolute atomic E-state index is 0.236. The van der Waals surface area contributed by atoms with E-state index in [0.717, 1.165) is 12.8 Å². The lowest BCUT2D eigenvalue weighted by molar-refractivity contribution is 0.0698. The normalized spacial score (nSPS) is 15.9. The number of hydrogen-bond donors (Lipinski definition) is 2. The lowest BCUT2D eigenvalue weighted by atomic mass is 9.95. The summed E-state index contributed by atoms with van der Waals surface area (Å²) in [5.74, 6) is -0.960. The Bertz CT molecular complexity index is 485. The van der Waals surface area contributed by atoms with Gasteiger partial charge < -0.3 is 10.4 Å². The zero-order valence-electron chi connectivity index (χ0n) is 10.1. The lowest BCUT2D eigenvalue weighted by Crippen LogP contribution is -2.23. The van der Waals surface area contributed by atoms with Crippen LogP contribution in [0.2, 0.25) is 0 Å². The van der Waals surface area contributed by atoms with E-state index in [0.29, 0.717) is 17.3 Å². The molecule has 94 valence electrons. The number of hydrogen-bond acceptors (Lipinski definition) is 3. The molecule has 0 aromatic heterocycles. The van der Waals surface area contributed by atoms with E-state index in [4.69, 9.17) is 10.4 Å². The minimum Gasteiger partial charge on any atom is -0.478 e. The maximum atomic E-state index is 11.1. The number of carboxylic acids is 1. The van der Waals surface area contributed by atoms with Crippen molar-refractivity contribution < 1.29 is 9.90 Å². The highest BCUT2D eigenvalue weighted by Crippen LogP contribution is 2.24. The van der Waals surface area contributed by atoms with Gasteiger partial charge in [-0.3, -0.25) is 0 Å². The Hall–Kier alpha value is -2.02. The third-order valence-corrected chi connectivity index (χ3v) is 3.34. The van der Waals surface area contributed by atoms with Gasteiger partial charge in [0.05, 0.1) is 22.9 Å². The summed E-state index contributed by atoms with van der Waals surface area (Å²) >= 11 is 0. The Labute approximate surface area is 106 Å². The van der Waals surface area contributed by atoms with E-state index in [2.05, 4.69) is 5.32 Å². The molecule has 0 bridgehead atoms. The van der Waals surface area contributed by atoms with Crippen LogP contribution in [0.4, 0.5) is 5.69 Å². The van der Waals surface area contributed by atoms with Gasteiger partial charge in [0.2, 0.25) is 0 Å². The van der Waals surface area contributed by atoms with Gasteiger partial charge in [0, 0.05) is 6.04 Å². The van der Waals surface area contributed by atoms with Crippen LogP contribution in [0.25, 0.3) is 0 Å². The maximum absolute atomic E-state index is 11.1. The van der Waals surface area contributed by atoms with E-state index < -0.39 is 5.97 Å². The van der Waals surface area contributed by atoms with Crippen molar-refractivity contribution in [3.8, 4) is 6.07 Å². The molecule has 0 aliphatic heterocycles. The van der Waals surface area contributed by atoms with Crippen LogP contribution in [0.3, 0.4) is 0 Å². The van der Waals surface area contributed by atoms with Gasteiger partial charge in [-0.15, -0.1) is 0 Å². The van der Waals surface area contributed by atoms with Crippen molar-refractivity contribution in [2.45, 2.75) is 38.1 Å². The van der Waals surface area contributed by atoms with E-state index in [-0.39, 0.29) is 5.56 Å². The quantitative estimate of drug-likeness (QED) is 0.857. The molecule has 4 nitrogen and oxygen atoms in total. The van der Waals surface area contributed by atoms with Crippen LogP contribution < -0.4 is 5.32 Å². The second kappa shape index (κ2) is 5.54. The van der Waals surface area contributed by atoms with Crippen LogP contribution in [0.1, 0.15) is 48.0 Å². The molecule has 0 unspecified atom stereocenters. The van der Waals surface area contributed by atoms with Crippen molar-refractivity contribution >= 4 is 11.7 Å². The van der Waals surface area contributed by atoms with E-state index >= 15 is 0 Å². The highest BCUT2D eigenvalue weighted by Gasteiger charge is 2.17. The molecule has 1 aromatic rings. The lowest BCUT2D eigenvalue weighted by Gasteiger charge is -2.24. The number of benzene rings is 1. The number of nitrogens with one attached hydrogen (secondary N) is 1. The maximum Gasteiger partial charge on any atom is 0.337 e. The second-order valence-corrected chi connectivity index (χ2v) is 4.66. The molecule has 0 spiro atoms. The number of nitrogens with zero attached hydrogens (tertiary/aromatic N) is 1. The molecule has 4 heteroatoms. The Balaban J connectivity index is 2.23. The van der Waals surface area contributed by atoms with Crippen molar-refractivity contribution in [2.75, 3.05) is 5.32 Å². The Morgan fingerprint density at radius 1 is 1.33 bits per heavy atom. The molecule has 0 heterocycles. The van der Waals surface area contributed by atoms with Gasteiger partial charge >= 0.3 is 5.97 Å². The monoisotopic (exact) mass is 244 g/mol. The van der Waals surface area contributed by atoms with Crippen LogP contribution >= 0.6 is 0 Å². The molecule has 1 aromatic carbocycles. The highest BCUT2D eigenvalue weighted by atomic mass is 16.4. The standard InChI is InChI=1S/C14H16N2O2/c15-9-10-6-7-12(14(17)18)13(8-10)16-11-4-2-1-3-5-11/h6-8,11,16H,1-5H2,(H,17,18). The summed E-state index contributed by atoms with van der Waals surface area (Å²) in [6.07, 6.45) is 5.74. The Kier molecular flexibility index (Phi) is 3.83. The average Bonchev–Trinajstić information content (AvgIpc) is 2.39. The molecular weight excluding hydrogens is 228 g/mol. The fourth-order valence-electron chi connectivity index (χ4n) is 2.39. The third-order valence-electron chi connectivity index (χ3n) is 3.34. The Morgan fingerprint density at radius 2 is 2.06 bits per heavy atom. The van der Waals surface area contributed by atoms with Gasteiger partial charge in [-0.2, -0.15) is 5.26 Å². The molecule has 1 aliphatic rings. The van der Waals surface area contributed by atoms with Crippen LogP contribution in [0.5, 0.6) is 0 Å². The molecule has 1 aliphatic carbocycles. The predicted octanol–water partition coefficient (Wildman–Crippen LogP) is 3.00. The zero-order chi connectivity index (χ0) is 13.0. The van der Waals surface area contributed by atoms with Gasteiger partial charge in [-0.25, -0.2) is 4.79 Å². The minimum atomic E-state index is -0.960. The van der Waals surface area contributed by atoms with Crippen molar-refractivity contribution in [2.24, 2.45) is 0 Å². The first kappa shape index (κ1) is 12.4. The molecule has 0 atom stereocenters. The number of carbonyl (C=O) groups is 1. The smallest absolute Gasteiger partial charge is 0.337 e. The molecule has 2 N–H and O–H groups in total. The summed E-state index contributed by atoms with van der Waals surface area (Å²) in [7, 11) is 0. The topological polar surface area (TPSA) is 73.1 Å². The molecular formula is C14H16N2O2. The van der Waals surface area contributed by atoms with Gasteiger partial charge in [-0.1, -0.05) is 19.3 Å². The van der Waals surface area contributed by atoms with Crippen molar-refractivity contribution in [1.82, 2.24) is 0 Å². The number of rotatable bonds is 3. The Morgan fingerprint density at radius 3 is 2.67 bits per heavy atom.